The highest BCUT2D eigenvalue weighted by molar-refractivity contribution is 5.75. The lowest BCUT2D eigenvalue weighted by molar-refractivity contribution is -0.128. The number of unbranched alkanes of at least 4 members (excludes halogenated alkanes) is 1. The lowest BCUT2D eigenvalue weighted by Gasteiger charge is -2.28. The van der Waals surface area contributed by atoms with Crippen LogP contribution in [0.5, 0.6) is 0 Å². The number of benzene rings is 1. The second-order valence-corrected chi connectivity index (χ2v) is 8.53. The van der Waals surface area contributed by atoms with E-state index in [-0.39, 0.29) is 11.8 Å². The van der Waals surface area contributed by atoms with Crippen molar-refractivity contribution in [3.8, 4) is 0 Å². The van der Waals surface area contributed by atoms with Crippen LogP contribution in [0.15, 0.2) is 35.9 Å². The van der Waals surface area contributed by atoms with Gasteiger partial charge in [0, 0.05) is 26.4 Å². The largest absolute Gasteiger partial charge is 0.393 e. The van der Waals surface area contributed by atoms with E-state index >= 15 is 0 Å². The van der Waals surface area contributed by atoms with E-state index < -0.39 is 12.2 Å². The molecule has 3 rings (SSSR count). The van der Waals surface area contributed by atoms with Crippen LogP contribution >= 0.6 is 0 Å². The molecule has 1 aromatic carbocycles. The number of carbonyl (C=O) groups is 1. The third-order valence-corrected chi connectivity index (χ3v) is 6.46. The Labute approximate surface area is 162 Å². The van der Waals surface area contributed by atoms with E-state index in [1.54, 1.807) is 19.0 Å². The summed E-state index contributed by atoms with van der Waals surface area (Å²) in [5.41, 5.74) is 3.46. The smallest absolute Gasteiger partial charge is 0.222 e. The van der Waals surface area contributed by atoms with Crippen molar-refractivity contribution in [1.29, 1.82) is 0 Å². The van der Waals surface area contributed by atoms with Crippen LogP contribution in [0.3, 0.4) is 0 Å². The second-order valence-electron chi connectivity index (χ2n) is 8.53. The van der Waals surface area contributed by atoms with E-state index in [2.05, 4.69) is 6.08 Å². The minimum absolute atomic E-state index is 0.0971. The summed E-state index contributed by atoms with van der Waals surface area (Å²) >= 11 is 0. The minimum atomic E-state index is -0.610. The SMILES string of the molecule is Cc1ccccc1[C@H](O)[C@@H]1[C@H]2CC(CCCCC(=O)N(C)C)=C[C@H]2C[C@H]1O. The number of fused-ring (bicyclic) bond motifs is 1. The fourth-order valence-corrected chi connectivity index (χ4v) is 4.94. The zero-order valence-corrected chi connectivity index (χ0v) is 16.8. The summed E-state index contributed by atoms with van der Waals surface area (Å²) in [6.07, 6.45) is 6.59. The average Bonchev–Trinajstić information content (AvgIpc) is 3.14. The normalized spacial score (nSPS) is 28.0. The molecule has 0 heterocycles. The van der Waals surface area contributed by atoms with Gasteiger partial charge in [0.05, 0.1) is 12.2 Å². The van der Waals surface area contributed by atoms with Gasteiger partial charge in [-0.3, -0.25) is 4.79 Å². The Hall–Kier alpha value is -1.65. The molecule has 1 amide bonds. The molecular weight excluding hydrogens is 338 g/mol. The lowest BCUT2D eigenvalue weighted by Crippen LogP contribution is -2.27. The van der Waals surface area contributed by atoms with Gasteiger partial charge in [-0.1, -0.05) is 35.9 Å². The van der Waals surface area contributed by atoms with Crippen LogP contribution in [0.25, 0.3) is 0 Å². The molecular formula is C23H33NO3. The molecule has 0 saturated heterocycles. The van der Waals surface area contributed by atoms with Crippen molar-refractivity contribution in [3.63, 3.8) is 0 Å². The highest BCUT2D eigenvalue weighted by atomic mass is 16.3. The Morgan fingerprint density at radius 2 is 2.00 bits per heavy atom. The van der Waals surface area contributed by atoms with Gasteiger partial charge in [-0.15, -0.1) is 0 Å². The van der Waals surface area contributed by atoms with E-state index in [9.17, 15) is 15.0 Å². The molecule has 2 aliphatic carbocycles. The number of aryl methyl sites for hydroxylation is 1. The van der Waals surface area contributed by atoms with Crippen molar-refractivity contribution in [1.82, 2.24) is 4.90 Å². The number of nitrogens with zero attached hydrogens (tertiary/aromatic N) is 1. The molecule has 0 radical (unpaired) electrons. The zero-order valence-electron chi connectivity index (χ0n) is 16.8. The number of carbonyl (C=O) groups excluding carboxylic acids is 1. The van der Waals surface area contributed by atoms with Gasteiger partial charge in [0.2, 0.25) is 5.91 Å². The first-order valence-corrected chi connectivity index (χ1v) is 10.2. The van der Waals surface area contributed by atoms with Crippen molar-refractivity contribution in [2.24, 2.45) is 17.8 Å². The molecule has 0 aliphatic heterocycles. The molecule has 4 heteroatoms. The van der Waals surface area contributed by atoms with Crippen LogP contribution in [-0.2, 0) is 4.79 Å². The first kappa shape index (κ1) is 20.1. The third kappa shape index (κ3) is 4.44. The van der Waals surface area contributed by atoms with Gasteiger partial charge >= 0.3 is 0 Å². The topological polar surface area (TPSA) is 60.8 Å². The van der Waals surface area contributed by atoms with Crippen molar-refractivity contribution >= 4 is 5.91 Å². The zero-order chi connectivity index (χ0) is 19.6. The van der Waals surface area contributed by atoms with Crippen LogP contribution in [0, 0.1) is 24.7 Å². The van der Waals surface area contributed by atoms with Crippen molar-refractivity contribution in [2.45, 2.75) is 57.7 Å². The first-order valence-electron chi connectivity index (χ1n) is 10.2. The van der Waals surface area contributed by atoms with E-state index in [1.165, 1.54) is 5.57 Å². The number of aliphatic hydroxyl groups excluding tert-OH is 2. The molecule has 5 atom stereocenters. The second kappa shape index (κ2) is 8.57. The van der Waals surface area contributed by atoms with Gasteiger partial charge in [0.1, 0.15) is 0 Å². The predicted octanol–water partition coefficient (Wildman–Crippen LogP) is 3.62. The molecule has 2 N–H and O–H groups in total. The van der Waals surface area contributed by atoms with E-state index in [1.807, 2.05) is 31.2 Å². The number of aliphatic hydroxyl groups is 2. The summed E-state index contributed by atoms with van der Waals surface area (Å²) < 4.78 is 0. The maximum atomic E-state index is 11.7. The third-order valence-electron chi connectivity index (χ3n) is 6.46. The maximum Gasteiger partial charge on any atom is 0.222 e. The first-order chi connectivity index (χ1) is 12.9. The number of allylic oxidation sites excluding steroid dienone is 2. The summed E-state index contributed by atoms with van der Waals surface area (Å²) in [7, 11) is 3.60. The highest BCUT2D eigenvalue weighted by Gasteiger charge is 2.47. The summed E-state index contributed by atoms with van der Waals surface area (Å²) in [5.74, 6) is 0.798. The van der Waals surface area contributed by atoms with Crippen LogP contribution in [-0.4, -0.2) is 41.2 Å². The molecule has 0 bridgehead atoms. The summed E-state index contributed by atoms with van der Waals surface area (Å²) in [6.45, 7) is 2.02. The lowest BCUT2D eigenvalue weighted by atomic mass is 9.81. The maximum absolute atomic E-state index is 11.7. The van der Waals surface area contributed by atoms with Gasteiger partial charge in [-0.05, 0) is 62.0 Å². The van der Waals surface area contributed by atoms with Crippen LogP contribution < -0.4 is 0 Å². The van der Waals surface area contributed by atoms with E-state index in [0.717, 1.165) is 43.2 Å². The Morgan fingerprint density at radius 3 is 2.70 bits per heavy atom. The average molecular weight is 372 g/mol. The predicted molar refractivity (Wildman–Crippen MR) is 107 cm³/mol. The van der Waals surface area contributed by atoms with Crippen molar-refractivity contribution < 1.29 is 15.0 Å². The van der Waals surface area contributed by atoms with E-state index in [4.69, 9.17) is 0 Å². The van der Waals surface area contributed by atoms with Gasteiger partial charge in [-0.25, -0.2) is 0 Å². The van der Waals surface area contributed by atoms with Crippen LogP contribution in [0.1, 0.15) is 55.8 Å². The fraction of sp³-hybridized carbons (Fsp3) is 0.609. The monoisotopic (exact) mass is 371 g/mol. The number of hydrogen-bond acceptors (Lipinski definition) is 3. The molecule has 2 aliphatic rings. The van der Waals surface area contributed by atoms with Gasteiger partial charge in [0.25, 0.3) is 0 Å². The summed E-state index contributed by atoms with van der Waals surface area (Å²) in [5, 5.41) is 21.6. The molecule has 1 saturated carbocycles. The van der Waals surface area contributed by atoms with Crippen molar-refractivity contribution in [3.05, 3.63) is 47.0 Å². The molecule has 0 aromatic heterocycles. The van der Waals surface area contributed by atoms with Gasteiger partial charge in [-0.2, -0.15) is 0 Å². The van der Waals surface area contributed by atoms with Crippen LogP contribution in [0.4, 0.5) is 0 Å². The van der Waals surface area contributed by atoms with Gasteiger partial charge in [0.15, 0.2) is 0 Å². The number of hydrogen-bond donors (Lipinski definition) is 2. The molecule has 1 fully saturated rings. The van der Waals surface area contributed by atoms with Crippen LogP contribution in [0.2, 0.25) is 0 Å². The summed E-state index contributed by atoms with van der Waals surface area (Å²) in [6, 6.07) is 7.93. The Morgan fingerprint density at radius 1 is 1.26 bits per heavy atom. The highest BCUT2D eigenvalue weighted by Crippen LogP contribution is 2.51. The Balaban J connectivity index is 1.57. The molecule has 0 unspecified atom stereocenters. The fourth-order valence-electron chi connectivity index (χ4n) is 4.94. The van der Waals surface area contributed by atoms with Crippen molar-refractivity contribution in [2.75, 3.05) is 14.1 Å². The van der Waals surface area contributed by atoms with Gasteiger partial charge < -0.3 is 15.1 Å². The number of amides is 1. The molecule has 4 nitrogen and oxygen atoms in total. The standard InChI is InChI=1S/C23H33NO3/c1-15-8-4-6-10-18(15)23(27)22-19-13-16(12-17(19)14-20(22)25)9-5-7-11-21(26)24(2)3/h4,6,8,10,12,17,19-20,22-23,25,27H,5,7,9,11,13-14H2,1-3H3/t17-,19-,20+,22+,23-/m0/s1. The number of rotatable bonds is 7. The summed E-state index contributed by atoms with van der Waals surface area (Å²) in [4.78, 5) is 13.3. The molecule has 27 heavy (non-hydrogen) atoms. The Kier molecular flexibility index (Phi) is 6.38. The molecule has 148 valence electrons. The quantitative estimate of drug-likeness (QED) is 0.568. The minimum Gasteiger partial charge on any atom is -0.393 e. The van der Waals surface area contributed by atoms with E-state index in [0.29, 0.717) is 18.3 Å². The molecule has 1 aromatic rings. The molecule has 0 spiro atoms. The Bertz CT molecular complexity index is 697.